The Bertz CT molecular complexity index is 662. The summed E-state index contributed by atoms with van der Waals surface area (Å²) in [4.78, 5) is 12.1. The van der Waals surface area contributed by atoms with E-state index in [9.17, 15) is 4.79 Å². The van der Waals surface area contributed by atoms with Crippen LogP contribution in [0, 0.1) is 6.92 Å². The van der Waals surface area contributed by atoms with Crippen molar-refractivity contribution in [2.75, 3.05) is 5.32 Å². The van der Waals surface area contributed by atoms with E-state index in [0.29, 0.717) is 24.6 Å². The van der Waals surface area contributed by atoms with Crippen LogP contribution in [0.4, 0.5) is 5.82 Å². The summed E-state index contributed by atoms with van der Waals surface area (Å²) in [5.41, 5.74) is 8.79. The van der Waals surface area contributed by atoms with Gasteiger partial charge in [0.1, 0.15) is 5.82 Å². The van der Waals surface area contributed by atoms with Gasteiger partial charge in [-0.3, -0.25) is 4.79 Å². The summed E-state index contributed by atoms with van der Waals surface area (Å²) >= 11 is 0. The fourth-order valence-electron chi connectivity index (χ4n) is 2.22. The molecule has 0 radical (unpaired) electrons. The smallest absolute Gasteiger partial charge is 0.225 e. The number of carbonyl (C=O) groups is 1. The number of hydrogen-bond acceptors (Lipinski definition) is 3. The molecular weight excluding hydrogens is 324 g/mol. The van der Waals surface area contributed by atoms with Crippen molar-refractivity contribution in [1.82, 2.24) is 9.78 Å². The monoisotopic (exact) mass is 350 g/mol. The number of rotatable bonds is 6. The maximum atomic E-state index is 12.1. The molecule has 0 aliphatic carbocycles. The van der Waals surface area contributed by atoms with Crippen LogP contribution in [0.2, 0.25) is 0 Å². The van der Waals surface area contributed by atoms with E-state index in [1.807, 2.05) is 44.2 Å². The first kappa shape index (κ1) is 20.2. The van der Waals surface area contributed by atoms with Crippen LogP contribution in [0.15, 0.2) is 30.3 Å². The molecule has 1 aromatic heterocycles. The molecule has 1 unspecified atom stereocenters. The van der Waals surface area contributed by atoms with Crippen molar-refractivity contribution in [2.45, 2.75) is 52.5 Å². The summed E-state index contributed by atoms with van der Waals surface area (Å²) in [6.45, 7) is 8.12. The van der Waals surface area contributed by atoms with E-state index in [4.69, 9.17) is 5.73 Å². The molecule has 2 rings (SSSR count). The summed E-state index contributed by atoms with van der Waals surface area (Å²) in [7, 11) is 0. The van der Waals surface area contributed by atoms with Gasteiger partial charge in [-0.1, -0.05) is 31.5 Å². The number of nitrogens with two attached hydrogens (primary N) is 1. The second-order valence-corrected chi connectivity index (χ2v) is 6.42. The van der Waals surface area contributed by atoms with Crippen LogP contribution < -0.4 is 11.1 Å². The Labute approximate surface area is 150 Å². The van der Waals surface area contributed by atoms with E-state index in [2.05, 4.69) is 24.3 Å². The predicted octanol–water partition coefficient (Wildman–Crippen LogP) is 3.79. The van der Waals surface area contributed by atoms with Gasteiger partial charge in [0.05, 0.1) is 11.4 Å². The highest BCUT2D eigenvalue weighted by molar-refractivity contribution is 5.90. The molecule has 1 amide bonds. The third-order valence-corrected chi connectivity index (χ3v) is 3.69. The van der Waals surface area contributed by atoms with E-state index < -0.39 is 0 Å². The lowest BCUT2D eigenvalue weighted by molar-refractivity contribution is -0.116. The van der Waals surface area contributed by atoms with E-state index in [1.165, 1.54) is 5.56 Å². The van der Waals surface area contributed by atoms with Crippen LogP contribution in [-0.2, 0) is 4.79 Å². The molecule has 1 aromatic carbocycles. The van der Waals surface area contributed by atoms with Gasteiger partial charge >= 0.3 is 0 Å². The van der Waals surface area contributed by atoms with Crippen LogP contribution in [0.1, 0.15) is 50.8 Å². The Morgan fingerprint density at radius 2 is 1.88 bits per heavy atom. The summed E-state index contributed by atoms with van der Waals surface area (Å²) in [6.07, 6.45) is 1.08. The van der Waals surface area contributed by atoms with Crippen molar-refractivity contribution in [2.24, 2.45) is 5.73 Å². The van der Waals surface area contributed by atoms with E-state index in [1.54, 1.807) is 4.68 Å². The number of nitrogens with one attached hydrogen (secondary N) is 1. The molecule has 0 fully saturated rings. The Hall–Kier alpha value is -1.85. The maximum Gasteiger partial charge on any atom is 0.225 e. The number of aromatic nitrogens is 2. The first-order valence-corrected chi connectivity index (χ1v) is 8.09. The van der Waals surface area contributed by atoms with Gasteiger partial charge in [0.25, 0.3) is 0 Å². The number of hydrogen-bond donors (Lipinski definition) is 2. The van der Waals surface area contributed by atoms with Gasteiger partial charge in [0.15, 0.2) is 0 Å². The molecule has 6 heteroatoms. The lowest BCUT2D eigenvalue weighted by Crippen LogP contribution is -2.20. The van der Waals surface area contributed by atoms with Gasteiger partial charge in [0, 0.05) is 18.5 Å². The summed E-state index contributed by atoms with van der Waals surface area (Å²) in [5, 5.41) is 7.60. The molecule has 5 nitrogen and oxygen atoms in total. The molecule has 1 heterocycles. The zero-order chi connectivity index (χ0) is 17.0. The van der Waals surface area contributed by atoms with Crippen molar-refractivity contribution in [3.8, 4) is 5.69 Å². The summed E-state index contributed by atoms with van der Waals surface area (Å²) in [6, 6.07) is 10.0. The Balaban J connectivity index is 0.00000288. The first-order valence-electron chi connectivity index (χ1n) is 8.09. The average Bonchev–Trinajstić information content (AvgIpc) is 2.90. The molecule has 0 aliphatic rings. The topological polar surface area (TPSA) is 72.9 Å². The highest BCUT2D eigenvalue weighted by Gasteiger charge is 2.14. The Kier molecular flexibility index (Phi) is 7.45. The van der Waals surface area contributed by atoms with Gasteiger partial charge in [-0.25, -0.2) is 4.68 Å². The Morgan fingerprint density at radius 1 is 1.25 bits per heavy atom. The molecule has 24 heavy (non-hydrogen) atoms. The molecule has 0 saturated carbocycles. The first-order chi connectivity index (χ1) is 10.9. The average molecular weight is 351 g/mol. The molecule has 0 bridgehead atoms. The number of anilines is 1. The quantitative estimate of drug-likeness (QED) is 0.832. The van der Waals surface area contributed by atoms with Crippen LogP contribution in [0.25, 0.3) is 5.69 Å². The minimum absolute atomic E-state index is 0. The number of halogens is 1. The van der Waals surface area contributed by atoms with E-state index >= 15 is 0 Å². The number of amides is 1. The number of aryl methyl sites for hydroxylation is 1. The highest BCUT2D eigenvalue weighted by Crippen LogP contribution is 2.22. The SMILES string of the molecule is Cc1ccc(-n2nc(C(C)C)cc2NC(=O)CCC(C)N)cc1.Cl. The van der Waals surface area contributed by atoms with Crippen LogP contribution in [0.5, 0.6) is 0 Å². The summed E-state index contributed by atoms with van der Waals surface area (Å²) in [5.74, 6) is 0.958. The second kappa shape index (κ2) is 8.85. The molecule has 132 valence electrons. The largest absolute Gasteiger partial charge is 0.328 e. The van der Waals surface area contributed by atoms with E-state index in [0.717, 1.165) is 11.4 Å². The fourth-order valence-corrected chi connectivity index (χ4v) is 2.22. The van der Waals surface area contributed by atoms with Crippen molar-refractivity contribution < 1.29 is 4.79 Å². The number of carbonyl (C=O) groups excluding carboxylic acids is 1. The molecule has 0 saturated heterocycles. The number of benzene rings is 1. The molecule has 0 aliphatic heterocycles. The zero-order valence-electron chi connectivity index (χ0n) is 14.7. The fraction of sp³-hybridized carbons (Fsp3) is 0.444. The third-order valence-electron chi connectivity index (χ3n) is 3.69. The normalized spacial score (nSPS) is 11.9. The van der Waals surface area contributed by atoms with Gasteiger partial charge in [0.2, 0.25) is 5.91 Å². The van der Waals surface area contributed by atoms with Crippen molar-refractivity contribution in [1.29, 1.82) is 0 Å². The molecule has 3 N–H and O–H groups in total. The Morgan fingerprint density at radius 3 is 2.42 bits per heavy atom. The van der Waals surface area contributed by atoms with E-state index in [-0.39, 0.29) is 24.4 Å². The maximum absolute atomic E-state index is 12.1. The third kappa shape index (κ3) is 5.35. The standard InChI is InChI=1S/C18H26N4O.ClH/c1-12(2)16-11-17(20-18(23)10-7-14(4)19)22(21-16)15-8-5-13(3)6-9-15;/h5-6,8-9,11-12,14H,7,10,19H2,1-4H3,(H,20,23);1H. The minimum Gasteiger partial charge on any atom is -0.328 e. The zero-order valence-corrected chi connectivity index (χ0v) is 15.6. The van der Waals surface area contributed by atoms with Gasteiger partial charge in [-0.15, -0.1) is 12.4 Å². The van der Waals surface area contributed by atoms with Crippen LogP contribution in [0.3, 0.4) is 0 Å². The van der Waals surface area contributed by atoms with Gasteiger partial charge in [-0.2, -0.15) is 5.10 Å². The van der Waals surface area contributed by atoms with Crippen LogP contribution >= 0.6 is 12.4 Å². The van der Waals surface area contributed by atoms with Crippen molar-refractivity contribution >= 4 is 24.1 Å². The minimum atomic E-state index is -0.0362. The molecule has 1 atom stereocenters. The van der Waals surface area contributed by atoms with Crippen molar-refractivity contribution in [3.05, 3.63) is 41.6 Å². The summed E-state index contributed by atoms with van der Waals surface area (Å²) < 4.78 is 1.79. The lowest BCUT2D eigenvalue weighted by atomic mass is 10.1. The molecule has 0 spiro atoms. The lowest BCUT2D eigenvalue weighted by Gasteiger charge is -2.10. The molecule has 2 aromatic rings. The second-order valence-electron chi connectivity index (χ2n) is 6.42. The van der Waals surface area contributed by atoms with Gasteiger partial charge in [-0.05, 0) is 38.3 Å². The highest BCUT2D eigenvalue weighted by atomic mass is 35.5. The number of nitrogens with zero attached hydrogens (tertiary/aromatic N) is 2. The molecular formula is C18H27ClN4O. The van der Waals surface area contributed by atoms with Crippen LogP contribution in [-0.4, -0.2) is 21.7 Å². The van der Waals surface area contributed by atoms with Crippen molar-refractivity contribution in [3.63, 3.8) is 0 Å². The van der Waals surface area contributed by atoms with Gasteiger partial charge < -0.3 is 11.1 Å². The predicted molar refractivity (Wildman–Crippen MR) is 101 cm³/mol.